The third-order valence-corrected chi connectivity index (χ3v) is 3.84. The molecule has 2 rings (SSSR count). The fourth-order valence-electron chi connectivity index (χ4n) is 1.87. The van der Waals surface area contributed by atoms with E-state index < -0.39 is 0 Å². The van der Waals surface area contributed by atoms with E-state index in [2.05, 4.69) is 15.3 Å². The summed E-state index contributed by atoms with van der Waals surface area (Å²) in [6.07, 6.45) is 0. The first-order valence-electron chi connectivity index (χ1n) is 5.70. The summed E-state index contributed by atoms with van der Waals surface area (Å²) in [5.74, 6) is 0.517. The summed E-state index contributed by atoms with van der Waals surface area (Å²) in [4.78, 5) is 0.272. The van der Waals surface area contributed by atoms with Gasteiger partial charge in [-0.2, -0.15) is 10.2 Å². The zero-order chi connectivity index (χ0) is 14.3. The predicted molar refractivity (Wildman–Crippen MR) is 79.0 cm³/mol. The van der Waals surface area contributed by atoms with Gasteiger partial charge in [0.2, 0.25) is 0 Å². The summed E-state index contributed by atoms with van der Waals surface area (Å²) in [6.45, 7) is 7.47. The normalized spacial score (nSPS) is 10.8. The zero-order valence-corrected chi connectivity index (χ0v) is 12.7. The van der Waals surface area contributed by atoms with Gasteiger partial charge in [-0.1, -0.05) is 23.8 Å². The lowest BCUT2D eigenvalue weighted by Gasteiger charge is -2.12. The van der Waals surface area contributed by atoms with Gasteiger partial charge in [0.1, 0.15) is 4.99 Å². The van der Waals surface area contributed by atoms with Gasteiger partial charge in [0.25, 0.3) is 0 Å². The van der Waals surface area contributed by atoms with Crippen molar-refractivity contribution >= 4 is 28.8 Å². The lowest BCUT2D eigenvalue weighted by atomic mass is 10.1. The van der Waals surface area contributed by atoms with E-state index in [0.29, 0.717) is 16.4 Å². The Labute approximate surface area is 121 Å². The Morgan fingerprint density at radius 3 is 2.26 bits per heavy atom. The molecule has 0 saturated carbocycles. The highest BCUT2D eigenvalue weighted by atomic mass is 35.5. The van der Waals surface area contributed by atoms with Crippen molar-refractivity contribution in [2.24, 2.45) is 5.73 Å². The number of hydrogen-bond donors (Lipinski definition) is 1. The van der Waals surface area contributed by atoms with Crippen molar-refractivity contribution in [1.29, 1.82) is 0 Å². The molecule has 0 aromatic carbocycles. The SMILES string of the molecule is Cc1nnc(-n2nc(C)c(Cl)c2C)c(C(N)=S)c1C. The molecule has 0 aliphatic heterocycles. The van der Waals surface area contributed by atoms with Crippen molar-refractivity contribution in [3.05, 3.63) is 33.2 Å². The van der Waals surface area contributed by atoms with Gasteiger partial charge in [0, 0.05) is 0 Å². The van der Waals surface area contributed by atoms with Crippen LogP contribution in [0.4, 0.5) is 0 Å². The van der Waals surface area contributed by atoms with E-state index in [1.807, 2.05) is 27.7 Å². The third kappa shape index (κ3) is 2.21. The first-order chi connectivity index (χ1) is 8.84. The van der Waals surface area contributed by atoms with Crippen molar-refractivity contribution in [3.8, 4) is 5.82 Å². The molecule has 2 N–H and O–H groups in total. The van der Waals surface area contributed by atoms with Crippen LogP contribution in [0, 0.1) is 27.7 Å². The van der Waals surface area contributed by atoms with E-state index in [0.717, 1.165) is 22.6 Å². The van der Waals surface area contributed by atoms with Crippen molar-refractivity contribution in [1.82, 2.24) is 20.0 Å². The molecule has 0 amide bonds. The lowest BCUT2D eigenvalue weighted by Crippen LogP contribution is -2.19. The number of halogens is 1. The highest BCUT2D eigenvalue weighted by molar-refractivity contribution is 7.80. The average Bonchev–Trinajstić information content (AvgIpc) is 2.60. The summed E-state index contributed by atoms with van der Waals surface area (Å²) in [7, 11) is 0. The van der Waals surface area contributed by atoms with Gasteiger partial charge in [0.05, 0.1) is 27.7 Å². The highest BCUT2D eigenvalue weighted by Gasteiger charge is 2.19. The van der Waals surface area contributed by atoms with Gasteiger partial charge in [-0.05, 0) is 33.3 Å². The minimum absolute atomic E-state index is 0.272. The van der Waals surface area contributed by atoms with Crippen molar-refractivity contribution in [3.63, 3.8) is 0 Å². The number of nitrogens with two attached hydrogens (primary N) is 1. The van der Waals surface area contributed by atoms with E-state index >= 15 is 0 Å². The summed E-state index contributed by atoms with van der Waals surface area (Å²) >= 11 is 11.3. The molecule has 5 nitrogen and oxygen atoms in total. The van der Waals surface area contributed by atoms with Crippen molar-refractivity contribution < 1.29 is 0 Å². The zero-order valence-electron chi connectivity index (χ0n) is 11.2. The Bertz CT molecular complexity index is 677. The van der Waals surface area contributed by atoms with Crippen molar-refractivity contribution in [2.45, 2.75) is 27.7 Å². The number of thiocarbonyl (C=S) groups is 1. The Morgan fingerprint density at radius 1 is 1.16 bits per heavy atom. The van der Waals surface area contributed by atoms with Crippen LogP contribution in [-0.4, -0.2) is 25.0 Å². The van der Waals surface area contributed by atoms with Gasteiger partial charge in [-0.3, -0.25) is 0 Å². The molecule has 0 unspecified atom stereocenters. The molecule has 2 aromatic rings. The third-order valence-electron chi connectivity index (χ3n) is 3.09. The molecule has 0 saturated heterocycles. The summed E-state index contributed by atoms with van der Waals surface area (Å²) < 4.78 is 1.63. The second-order valence-electron chi connectivity index (χ2n) is 4.37. The fraction of sp³-hybridized carbons (Fsp3) is 0.333. The quantitative estimate of drug-likeness (QED) is 0.860. The van der Waals surface area contributed by atoms with Gasteiger partial charge >= 0.3 is 0 Å². The minimum atomic E-state index is 0.272. The standard InChI is InChI=1S/C12H14ClN5S/c1-5-6(2)15-16-12(9(5)11(14)19)18-8(4)10(13)7(3)17-18/h1-4H3,(H2,14,19). The van der Waals surface area contributed by atoms with Crippen LogP contribution in [0.25, 0.3) is 5.82 Å². The molecular weight excluding hydrogens is 282 g/mol. The average molecular weight is 296 g/mol. The first-order valence-corrected chi connectivity index (χ1v) is 6.49. The number of hydrogen-bond acceptors (Lipinski definition) is 4. The minimum Gasteiger partial charge on any atom is -0.389 e. The van der Waals surface area contributed by atoms with E-state index in [1.54, 1.807) is 4.68 Å². The molecule has 0 aliphatic rings. The summed E-state index contributed by atoms with van der Waals surface area (Å²) in [5, 5.41) is 13.2. The summed E-state index contributed by atoms with van der Waals surface area (Å²) in [6, 6.07) is 0. The first kappa shape index (κ1) is 13.9. The fourth-order valence-corrected chi connectivity index (χ4v) is 2.23. The van der Waals surface area contributed by atoms with E-state index in [9.17, 15) is 0 Å². The lowest BCUT2D eigenvalue weighted by molar-refractivity contribution is 0.770. The van der Waals surface area contributed by atoms with Crippen molar-refractivity contribution in [2.75, 3.05) is 0 Å². The number of aryl methyl sites for hydroxylation is 2. The van der Waals surface area contributed by atoms with Crippen LogP contribution in [0.15, 0.2) is 0 Å². The molecule has 0 bridgehead atoms. The van der Waals surface area contributed by atoms with Crippen LogP contribution in [0.5, 0.6) is 0 Å². The Balaban J connectivity index is 2.79. The van der Waals surface area contributed by atoms with Crippen LogP contribution < -0.4 is 5.73 Å². The molecule has 0 spiro atoms. The summed E-state index contributed by atoms with van der Waals surface area (Å²) in [5.41, 5.74) is 9.70. The smallest absolute Gasteiger partial charge is 0.186 e. The van der Waals surface area contributed by atoms with Crippen LogP contribution in [-0.2, 0) is 0 Å². The van der Waals surface area contributed by atoms with Gasteiger partial charge in [0.15, 0.2) is 5.82 Å². The van der Waals surface area contributed by atoms with Crippen LogP contribution in [0.1, 0.15) is 28.2 Å². The Hall–Kier alpha value is -1.53. The molecule has 0 atom stereocenters. The maximum Gasteiger partial charge on any atom is 0.186 e. The van der Waals surface area contributed by atoms with Gasteiger partial charge in [-0.15, -0.1) is 5.10 Å². The van der Waals surface area contributed by atoms with Crippen LogP contribution in [0.2, 0.25) is 5.02 Å². The second kappa shape index (κ2) is 4.86. The maximum absolute atomic E-state index is 6.16. The molecule has 0 fully saturated rings. The predicted octanol–water partition coefficient (Wildman–Crippen LogP) is 2.18. The second-order valence-corrected chi connectivity index (χ2v) is 5.19. The van der Waals surface area contributed by atoms with E-state index in [-0.39, 0.29) is 4.99 Å². The Kier molecular flexibility index (Phi) is 3.56. The number of nitrogens with zero attached hydrogens (tertiary/aromatic N) is 4. The van der Waals surface area contributed by atoms with E-state index in [4.69, 9.17) is 29.6 Å². The topological polar surface area (TPSA) is 69.6 Å². The maximum atomic E-state index is 6.16. The largest absolute Gasteiger partial charge is 0.389 e. The monoisotopic (exact) mass is 295 g/mol. The van der Waals surface area contributed by atoms with Crippen LogP contribution >= 0.6 is 23.8 Å². The number of aromatic nitrogens is 4. The van der Waals surface area contributed by atoms with Gasteiger partial charge in [-0.25, -0.2) is 4.68 Å². The molecule has 7 heteroatoms. The van der Waals surface area contributed by atoms with Gasteiger partial charge < -0.3 is 5.73 Å². The molecule has 2 heterocycles. The molecule has 0 radical (unpaired) electrons. The molecular formula is C12H14ClN5S. The molecule has 2 aromatic heterocycles. The molecule has 0 aliphatic carbocycles. The van der Waals surface area contributed by atoms with Crippen LogP contribution in [0.3, 0.4) is 0 Å². The number of rotatable bonds is 2. The Morgan fingerprint density at radius 2 is 1.79 bits per heavy atom. The molecule has 100 valence electrons. The highest BCUT2D eigenvalue weighted by Crippen LogP contribution is 2.24. The molecule has 19 heavy (non-hydrogen) atoms. The van der Waals surface area contributed by atoms with E-state index in [1.165, 1.54) is 0 Å².